The Hall–Kier alpha value is -3.48. The van der Waals surface area contributed by atoms with Gasteiger partial charge < -0.3 is 9.47 Å². The summed E-state index contributed by atoms with van der Waals surface area (Å²) in [5, 5.41) is 11.5. The number of rotatable bonds is 0. The second-order valence-corrected chi connectivity index (χ2v) is 7.80. The van der Waals surface area contributed by atoms with Crippen LogP contribution in [0.15, 0.2) is 24.3 Å². The smallest absolute Gasteiger partial charge is 0.231 e. The monoisotopic (exact) mass is 370 g/mol. The van der Waals surface area contributed by atoms with E-state index in [-0.39, 0.29) is 12.6 Å². The Balaban J connectivity index is 1.82. The molecule has 0 spiro atoms. The third kappa shape index (κ3) is 1.61. The molecular weight excluding hydrogens is 356 g/mol. The zero-order valence-electron chi connectivity index (χ0n) is 15.0. The van der Waals surface area contributed by atoms with Crippen LogP contribution in [0.1, 0.15) is 29.4 Å². The van der Waals surface area contributed by atoms with Crippen molar-refractivity contribution in [1.82, 2.24) is 19.8 Å². The summed E-state index contributed by atoms with van der Waals surface area (Å²) in [5.74, 6) is 1.82. The molecule has 1 atom stereocenters. The van der Waals surface area contributed by atoms with Gasteiger partial charge in [0.15, 0.2) is 17.3 Å². The maximum absolute atomic E-state index is 13.1. The Labute approximate surface area is 158 Å². The summed E-state index contributed by atoms with van der Waals surface area (Å²) in [4.78, 5) is 18.0. The second kappa shape index (κ2) is 4.67. The van der Waals surface area contributed by atoms with E-state index in [0.29, 0.717) is 23.8 Å². The number of ketones is 1. The highest BCUT2D eigenvalue weighted by atomic mass is 16.7. The molecule has 1 aliphatic heterocycles. The lowest BCUT2D eigenvalue weighted by molar-refractivity contribution is 0.0954. The molecule has 0 amide bonds. The molecule has 0 radical (unpaired) electrons. The summed E-state index contributed by atoms with van der Waals surface area (Å²) in [6, 6.07) is 7.80. The van der Waals surface area contributed by atoms with E-state index < -0.39 is 0 Å². The molecule has 0 saturated heterocycles. The van der Waals surface area contributed by atoms with Gasteiger partial charge in [0.05, 0.1) is 16.7 Å². The number of Topliss-reactive ketones (excluding diaryl/α,β-unsaturated/α-hetero) is 1. The molecule has 0 fully saturated rings. The normalized spacial score (nSPS) is 18.8. The maximum Gasteiger partial charge on any atom is 0.231 e. The predicted octanol–water partition coefficient (Wildman–Crippen LogP) is 3.52. The maximum atomic E-state index is 13.1. The first kappa shape index (κ1) is 14.6. The van der Waals surface area contributed by atoms with Crippen molar-refractivity contribution in [1.29, 1.82) is 0 Å². The van der Waals surface area contributed by atoms with E-state index in [1.54, 1.807) is 0 Å². The van der Waals surface area contributed by atoms with E-state index in [0.717, 1.165) is 55.9 Å². The van der Waals surface area contributed by atoms with Gasteiger partial charge >= 0.3 is 0 Å². The van der Waals surface area contributed by atoms with Crippen molar-refractivity contribution in [2.45, 2.75) is 19.8 Å². The molecule has 5 aromatic rings. The number of ether oxygens (including phenoxy) is 2. The van der Waals surface area contributed by atoms with Crippen LogP contribution in [-0.2, 0) is 6.42 Å². The molecule has 0 bridgehead atoms. The van der Waals surface area contributed by atoms with E-state index in [4.69, 9.17) is 14.5 Å². The molecule has 1 aliphatic carbocycles. The fraction of sp³-hybridized carbons (Fsp3) is 0.238. The van der Waals surface area contributed by atoms with Crippen molar-refractivity contribution in [2.24, 2.45) is 5.92 Å². The van der Waals surface area contributed by atoms with E-state index in [9.17, 15) is 4.79 Å². The van der Waals surface area contributed by atoms with Gasteiger partial charge in [-0.05, 0) is 30.5 Å². The summed E-state index contributed by atoms with van der Waals surface area (Å²) in [5.41, 5.74) is 5.03. The Morgan fingerprint density at radius 2 is 1.89 bits per heavy atom. The van der Waals surface area contributed by atoms with Crippen LogP contribution in [-0.4, -0.2) is 32.4 Å². The number of carbonyl (C=O) groups is 1. The van der Waals surface area contributed by atoms with E-state index >= 15 is 0 Å². The van der Waals surface area contributed by atoms with Gasteiger partial charge in [-0.3, -0.25) is 9.78 Å². The molecular formula is C21H14N4O3. The fourth-order valence-electron chi connectivity index (χ4n) is 4.83. The number of hydrogen-bond acceptors (Lipinski definition) is 6. The van der Waals surface area contributed by atoms with Crippen LogP contribution < -0.4 is 9.47 Å². The minimum atomic E-state index is 0.152. The van der Waals surface area contributed by atoms with E-state index in [2.05, 4.69) is 17.2 Å². The number of fused-ring (bicyclic) bond motifs is 6. The molecule has 28 heavy (non-hydrogen) atoms. The predicted molar refractivity (Wildman–Crippen MR) is 102 cm³/mol. The lowest BCUT2D eigenvalue weighted by Crippen LogP contribution is -2.20. The zero-order chi connectivity index (χ0) is 18.6. The molecule has 7 heteroatoms. The van der Waals surface area contributed by atoms with Gasteiger partial charge in [0, 0.05) is 34.2 Å². The van der Waals surface area contributed by atoms with Gasteiger partial charge in [0.1, 0.15) is 11.0 Å². The standard InChI is InChI=1S/C21H14N4O3/c1-9-4-13-19(15(26)5-9)18-10-6-16-17(28-8-27-16)7-14(10)25-21-12(23-24-25)3-2-11(22-13)20(18)21/h2-3,6-7,9H,4-5,8H2,1H3. The minimum absolute atomic E-state index is 0.152. The first-order valence-electron chi connectivity index (χ1n) is 9.37. The SMILES string of the molecule is CC1CC(=O)c2c(nc3ccc4nnn5c6cc7c(cc6c2c3c45)OCO7)C1. The quantitative estimate of drug-likeness (QED) is 0.307. The largest absolute Gasteiger partial charge is 0.454 e. The first-order chi connectivity index (χ1) is 13.7. The fourth-order valence-corrected chi connectivity index (χ4v) is 4.83. The highest BCUT2D eigenvalue weighted by Gasteiger charge is 2.30. The van der Waals surface area contributed by atoms with Gasteiger partial charge in [-0.2, -0.15) is 0 Å². The highest BCUT2D eigenvalue weighted by Crippen LogP contribution is 2.44. The van der Waals surface area contributed by atoms with Gasteiger partial charge in [0.25, 0.3) is 0 Å². The summed E-state index contributed by atoms with van der Waals surface area (Å²) in [7, 11) is 0. The number of hydrogen-bond donors (Lipinski definition) is 0. The van der Waals surface area contributed by atoms with Crippen LogP contribution in [0.4, 0.5) is 0 Å². The molecule has 7 nitrogen and oxygen atoms in total. The number of benzene rings is 2. The summed E-state index contributed by atoms with van der Waals surface area (Å²) < 4.78 is 13.0. The topological polar surface area (TPSA) is 78.6 Å². The van der Waals surface area contributed by atoms with Crippen molar-refractivity contribution >= 4 is 44.0 Å². The molecule has 7 rings (SSSR count). The van der Waals surface area contributed by atoms with Crippen LogP contribution in [0.3, 0.4) is 0 Å². The van der Waals surface area contributed by atoms with Crippen LogP contribution in [0.25, 0.3) is 38.2 Å². The third-order valence-electron chi connectivity index (χ3n) is 5.98. The molecule has 0 N–H and O–H groups in total. The summed E-state index contributed by atoms with van der Waals surface area (Å²) >= 11 is 0. The number of nitrogens with zero attached hydrogens (tertiary/aromatic N) is 4. The van der Waals surface area contributed by atoms with Crippen molar-refractivity contribution in [3.05, 3.63) is 35.5 Å². The molecule has 2 aliphatic rings. The Kier molecular flexibility index (Phi) is 2.43. The van der Waals surface area contributed by atoms with Crippen molar-refractivity contribution in [3.63, 3.8) is 0 Å². The minimum Gasteiger partial charge on any atom is -0.454 e. The lowest BCUT2D eigenvalue weighted by Gasteiger charge is -2.23. The molecule has 3 aromatic heterocycles. The average Bonchev–Trinajstić information content (AvgIpc) is 3.31. The van der Waals surface area contributed by atoms with Crippen molar-refractivity contribution in [2.75, 3.05) is 6.79 Å². The number of aromatic nitrogens is 4. The van der Waals surface area contributed by atoms with Crippen LogP contribution in [0.5, 0.6) is 11.5 Å². The number of carbonyl (C=O) groups excluding carboxylic acids is 1. The highest BCUT2D eigenvalue weighted by molar-refractivity contribution is 6.28. The molecule has 4 heterocycles. The Morgan fingerprint density at radius 1 is 1.07 bits per heavy atom. The van der Waals surface area contributed by atoms with Crippen molar-refractivity contribution < 1.29 is 14.3 Å². The van der Waals surface area contributed by atoms with Gasteiger partial charge in [-0.1, -0.05) is 12.1 Å². The Morgan fingerprint density at radius 3 is 2.79 bits per heavy atom. The van der Waals surface area contributed by atoms with E-state index in [1.165, 1.54) is 0 Å². The molecule has 0 saturated carbocycles. The summed E-state index contributed by atoms with van der Waals surface area (Å²) in [6.45, 7) is 2.30. The zero-order valence-corrected chi connectivity index (χ0v) is 15.0. The van der Waals surface area contributed by atoms with Gasteiger partial charge in [-0.25, -0.2) is 4.52 Å². The van der Waals surface area contributed by atoms with Crippen LogP contribution >= 0.6 is 0 Å². The Bertz CT molecular complexity index is 1490. The van der Waals surface area contributed by atoms with Crippen LogP contribution in [0, 0.1) is 5.92 Å². The number of pyridine rings is 2. The van der Waals surface area contributed by atoms with E-state index in [1.807, 2.05) is 28.8 Å². The third-order valence-corrected chi connectivity index (χ3v) is 5.98. The van der Waals surface area contributed by atoms with Crippen LogP contribution in [0.2, 0.25) is 0 Å². The van der Waals surface area contributed by atoms with Gasteiger partial charge in [-0.15, -0.1) is 5.10 Å². The molecule has 1 unspecified atom stereocenters. The lowest BCUT2D eigenvalue weighted by atomic mass is 9.83. The van der Waals surface area contributed by atoms with Gasteiger partial charge in [0.2, 0.25) is 6.79 Å². The van der Waals surface area contributed by atoms with Crippen molar-refractivity contribution in [3.8, 4) is 11.5 Å². The summed E-state index contributed by atoms with van der Waals surface area (Å²) in [6.07, 6.45) is 1.35. The second-order valence-electron chi connectivity index (χ2n) is 7.80. The first-order valence-corrected chi connectivity index (χ1v) is 9.37. The average molecular weight is 370 g/mol. The molecule has 2 aromatic carbocycles. The molecule has 136 valence electrons.